The van der Waals surface area contributed by atoms with E-state index in [9.17, 15) is 0 Å². The summed E-state index contributed by atoms with van der Waals surface area (Å²) < 4.78 is 0. The van der Waals surface area contributed by atoms with Crippen molar-refractivity contribution in [2.45, 2.75) is 52.9 Å². The Morgan fingerprint density at radius 1 is 1.14 bits per heavy atom. The van der Waals surface area contributed by atoms with E-state index in [4.69, 9.17) is 0 Å². The smallest absolute Gasteiger partial charge is 0.0372 e. The summed E-state index contributed by atoms with van der Waals surface area (Å²) in [4.78, 5) is 4.39. The van der Waals surface area contributed by atoms with Crippen molar-refractivity contribution in [1.29, 1.82) is 0 Å². The van der Waals surface area contributed by atoms with Crippen LogP contribution in [-0.4, -0.2) is 12.8 Å². The zero-order chi connectivity index (χ0) is 10.8. The highest BCUT2D eigenvalue weighted by molar-refractivity contribution is 5.96. The van der Waals surface area contributed by atoms with E-state index >= 15 is 0 Å². The van der Waals surface area contributed by atoms with Gasteiger partial charge in [0.2, 0.25) is 0 Å². The largest absolute Gasteiger partial charge is 0.293 e. The van der Waals surface area contributed by atoms with E-state index in [2.05, 4.69) is 37.9 Å². The molecule has 0 spiro atoms. The van der Waals surface area contributed by atoms with Crippen molar-refractivity contribution in [2.75, 3.05) is 7.05 Å². The van der Waals surface area contributed by atoms with Gasteiger partial charge in [-0.15, -0.1) is 0 Å². The van der Waals surface area contributed by atoms with Crippen LogP contribution in [0.25, 0.3) is 0 Å². The van der Waals surface area contributed by atoms with Crippen LogP contribution >= 0.6 is 0 Å². The standard InChI is InChI=1S/C13H25N/c1-5-8-11-13(14-4)12(9-6-2)10-7-3/h8,11-12H,5-7,9-10H2,1-4H3/b11-8+,14-13?. The summed E-state index contributed by atoms with van der Waals surface area (Å²) in [5.74, 6) is 0.679. The first-order valence-electron chi connectivity index (χ1n) is 5.93. The minimum absolute atomic E-state index is 0.679. The quantitative estimate of drug-likeness (QED) is 0.539. The number of rotatable bonds is 7. The summed E-state index contributed by atoms with van der Waals surface area (Å²) in [6.07, 6.45) is 10.6. The van der Waals surface area contributed by atoms with Crippen LogP contribution in [0.5, 0.6) is 0 Å². The van der Waals surface area contributed by atoms with Gasteiger partial charge in [-0.1, -0.05) is 39.7 Å². The summed E-state index contributed by atoms with van der Waals surface area (Å²) >= 11 is 0. The third kappa shape index (κ3) is 5.21. The van der Waals surface area contributed by atoms with Gasteiger partial charge in [0.25, 0.3) is 0 Å². The Hall–Kier alpha value is -0.590. The Morgan fingerprint density at radius 3 is 2.07 bits per heavy atom. The third-order valence-corrected chi connectivity index (χ3v) is 2.48. The molecule has 1 nitrogen and oxygen atoms in total. The molecule has 14 heavy (non-hydrogen) atoms. The highest BCUT2D eigenvalue weighted by Gasteiger charge is 2.10. The fourth-order valence-electron chi connectivity index (χ4n) is 1.77. The van der Waals surface area contributed by atoms with Crippen LogP contribution in [0.4, 0.5) is 0 Å². The molecule has 0 amide bonds. The van der Waals surface area contributed by atoms with Gasteiger partial charge in [-0.05, 0) is 25.3 Å². The van der Waals surface area contributed by atoms with E-state index in [1.54, 1.807) is 0 Å². The number of hydrogen-bond donors (Lipinski definition) is 0. The monoisotopic (exact) mass is 195 g/mol. The third-order valence-electron chi connectivity index (χ3n) is 2.48. The van der Waals surface area contributed by atoms with Gasteiger partial charge >= 0.3 is 0 Å². The van der Waals surface area contributed by atoms with E-state index in [0.717, 1.165) is 6.42 Å². The fourth-order valence-corrected chi connectivity index (χ4v) is 1.77. The van der Waals surface area contributed by atoms with E-state index in [0.29, 0.717) is 5.92 Å². The maximum Gasteiger partial charge on any atom is 0.0372 e. The molecule has 0 unspecified atom stereocenters. The Kier molecular flexibility index (Phi) is 8.61. The van der Waals surface area contributed by atoms with Gasteiger partial charge < -0.3 is 0 Å². The first-order chi connectivity index (χ1) is 6.79. The molecule has 0 fully saturated rings. The minimum atomic E-state index is 0.679. The normalized spacial score (nSPS) is 13.1. The molecule has 0 aliphatic carbocycles. The average molecular weight is 195 g/mol. The van der Waals surface area contributed by atoms with Crippen LogP contribution in [0.1, 0.15) is 52.9 Å². The molecule has 1 heteroatoms. The van der Waals surface area contributed by atoms with Crippen LogP contribution in [-0.2, 0) is 0 Å². The zero-order valence-corrected chi connectivity index (χ0v) is 10.2. The fraction of sp³-hybridized carbons (Fsp3) is 0.769. The SMILES string of the molecule is CC/C=C/C(=NC)C(CCC)CCC. The van der Waals surface area contributed by atoms with Crippen molar-refractivity contribution < 1.29 is 0 Å². The van der Waals surface area contributed by atoms with E-state index in [1.807, 2.05) is 7.05 Å². The van der Waals surface area contributed by atoms with E-state index < -0.39 is 0 Å². The number of allylic oxidation sites excluding steroid dienone is 2. The second-order valence-corrected chi connectivity index (χ2v) is 3.73. The van der Waals surface area contributed by atoms with Crippen molar-refractivity contribution in [3.8, 4) is 0 Å². The second kappa shape index (κ2) is 8.98. The Bertz CT molecular complexity index is 174. The van der Waals surface area contributed by atoms with Crippen molar-refractivity contribution in [1.82, 2.24) is 0 Å². The van der Waals surface area contributed by atoms with E-state index in [1.165, 1.54) is 31.4 Å². The molecule has 0 rings (SSSR count). The van der Waals surface area contributed by atoms with Gasteiger partial charge in [-0.3, -0.25) is 4.99 Å². The number of aliphatic imine (C=N–C) groups is 1. The molecule has 0 aromatic carbocycles. The molecular formula is C13H25N. The van der Waals surface area contributed by atoms with Gasteiger partial charge in [-0.2, -0.15) is 0 Å². The number of nitrogens with zero attached hydrogens (tertiary/aromatic N) is 1. The lowest BCUT2D eigenvalue weighted by Crippen LogP contribution is -2.12. The summed E-state index contributed by atoms with van der Waals surface area (Å²) in [5.41, 5.74) is 1.29. The average Bonchev–Trinajstić information content (AvgIpc) is 2.19. The molecule has 0 aliphatic heterocycles. The second-order valence-electron chi connectivity index (χ2n) is 3.73. The lowest BCUT2D eigenvalue weighted by Gasteiger charge is -2.15. The van der Waals surface area contributed by atoms with Gasteiger partial charge in [0.05, 0.1) is 0 Å². The Labute approximate surface area is 89.3 Å². The summed E-state index contributed by atoms with van der Waals surface area (Å²) in [5, 5.41) is 0. The molecule has 0 radical (unpaired) electrons. The van der Waals surface area contributed by atoms with Crippen LogP contribution in [0.2, 0.25) is 0 Å². The first kappa shape index (κ1) is 13.4. The van der Waals surface area contributed by atoms with Gasteiger partial charge in [0, 0.05) is 18.7 Å². The minimum Gasteiger partial charge on any atom is -0.293 e. The molecule has 0 heterocycles. The molecule has 0 N–H and O–H groups in total. The maximum absolute atomic E-state index is 4.39. The summed E-state index contributed by atoms with van der Waals surface area (Å²) in [6, 6.07) is 0. The lowest BCUT2D eigenvalue weighted by molar-refractivity contribution is 0.560. The molecule has 0 atom stereocenters. The summed E-state index contributed by atoms with van der Waals surface area (Å²) in [6.45, 7) is 6.66. The van der Waals surface area contributed by atoms with Crippen molar-refractivity contribution in [2.24, 2.45) is 10.9 Å². The maximum atomic E-state index is 4.39. The van der Waals surface area contributed by atoms with Crippen molar-refractivity contribution in [3.63, 3.8) is 0 Å². The highest BCUT2D eigenvalue weighted by atomic mass is 14.7. The number of hydrogen-bond acceptors (Lipinski definition) is 1. The lowest BCUT2D eigenvalue weighted by atomic mass is 9.92. The molecule has 0 aromatic heterocycles. The van der Waals surface area contributed by atoms with Crippen molar-refractivity contribution >= 4 is 5.71 Å². The Balaban J connectivity index is 4.34. The van der Waals surface area contributed by atoms with Gasteiger partial charge in [0.15, 0.2) is 0 Å². The van der Waals surface area contributed by atoms with E-state index in [-0.39, 0.29) is 0 Å². The molecule has 82 valence electrons. The molecule has 0 aromatic rings. The molecule has 0 saturated heterocycles. The molecular weight excluding hydrogens is 170 g/mol. The summed E-state index contributed by atoms with van der Waals surface area (Å²) in [7, 11) is 1.91. The topological polar surface area (TPSA) is 12.4 Å². The van der Waals surface area contributed by atoms with Crippen LogP contribution < -0.4 is 0 Å². The van der Waals surface area contributed by atoms with Gasteiger partial charge in [0.1, 0.15) is 0 Å². The van der Waals surface area contributed by atoms with Crippen LogP contribution in [0.15, 0.2) is 17.1 Å². The van der Waals surface area contributed by atoms with Crippen molar-refractivity contribution in [3.05, 3.63) is 12.2 Å². The van der Waals surface area contributed by atoms with Crippen LogP contribution in [0, 0.1) is 5.92 Å². The predicted octanol–water partition coefficient (Wildman–Crippen LogP) is 4.24. The van der Waals surface area contributed by atoms with Gasteiger partial charge in [-0.25, -0.2) is 0 Å². The predicted molar refractivity (Wildman–Crippen MR) is 66.1 cm³/mol. The Morgan fingerprint density at radius 2 is 1.71 bits per heavy atom. The highest BCUT2D eigenvalue weighted by Crippen LogP contribution is 2.16. The molecule has 0 bridgehead atoms. The first-order valence-corrected chi connectivity index (χ1v) is 5.93. The van der Waals surface area contributed by atoms with Crippen LogP contribution in [0.3, 0.4) is 0 Å². The zero-order valence-electron chi connectivity index (χ0n) is 10.2. The molecule has 0 aliphatic rings. The molecule has 0 saturated carbocycles.